The summed E-state index contributed by atoms with van der Waals surface area (Å²) < 4.78 is 10.6. The van der Waals surface area contributed by atoms with Crippen molar-refractivity contribution in [2.75, 3.05) is 20.8 Å². The van der Waals surface area contributed by atoms with Crippen molar-refractivity contribution < 1.29 is 14.3 Å². The molecule has 0 bridgehead atoms. The van der Waals surface area contributed by atoms with Crippen LogP contribution in [0.3, 0.4) is 0 Å². The molecule has 158 valence electrons. The maximum atomic E-state index is 12.7. The first-order valence-corrected chi connectivity index (χ1v) is 10.0. The lowest BCUT2D eigenvalue weighted by Gasteiger charge is -2.21. The fraction of sp³-hybridized carbons (Fsp3) is 0.348. The number of fused-ring (bicyclic) bond motifs is 1. The second kappa shape index (κ2) is 9.91. The molecule has 0 saturated carbocycles. The van der Waals surface area contributed by atoms with Crippen molar-refractivity contribution >= 4 is 16.8 Å². The number of aromatic amines is 1. The summed E-state index contributed by atoms with van der Waals surface area (Å²) in [7, 11) is 3.19. The lowest BCUT2D eigenvalue weighted by molar-refractivity contribution is -0.131. The normalized spacial score (nSPS) is 10.8. The topological polar surface area (TPSA) is 84.5 Å². The highest BCUT2D eigenvalue weighted by Crippen LogP contribution is 2.28. The smallest absolute Gasteiger partial charge is 0.258 e. The number of hydrogen-bond acceptors (Lipinski definition) is 5. The summed E-state index contributed by atoms with van der Waals surface area (Å²) in [4.78, 5) is 34.0. The molecule has 0 aliphatic heterocycles. The molecule has 1 heterocycles. The molecule has 0 spiro atoms. The molecular formula is C23H27N3O4. The molecule has 1 amide bonds. The van der Waals surface area contributed by atoms with Gasteiger partial charge in [0.05, 0.1) is 25.1 Å². The van der Waals surface area contributed by atoms with Crippen LogP contribution < -0.4 is 15.0 Å². The number of aryl methyl sites for hydroxylation is 1. The molecule has 0 radical (unpaired) electrons. The van der Waals surface area contributed by atoms with E-state index in [1.54, 1.807) is 25.2 Å². The van der Waals surface area contributed by atoms with Gasteiger partial charge in [-0.25, -0.2) is 4.98 Å². The number of benzene rings is 2. The van der Waals surface area contributed by atoms with Gasteiger partial charge in [-0.05, 0) is 43.2 Å². The van der Waals surface area contributed by atoms with Crippen LogP contribution in [0.2, 0.25) is 0 Å². The Hall–Kier alpha value is -3.35. The predicted octanol–water partition coefficient (Wildman–Crippen LogP) is 3.31. The van der Waals surface area contributed by atoms with Gasteiger partial charge in [-0.2, -0.15) is 0 Å². The van der Waals surface area contributed by atoms with Crippen molar-refractivity contribution in [2.24, 2.45) is 0 Å². The van der Waals surface area contributed by atoms with Gasteiger partial charge in [0.1, 0.15) is 5.82 Å². The second-order valence-electron chi connectivity index (χ2n) is 6.98. The predicted molar refractivity (Wildman–Crippen MR) is 116 cm³/mol. The third-order valence-corrected chi connectivity index (χ3v) is 5.02. The van der Waals surface area contributed by atoms with E-state index in [0.29, 0.717) is 60.6 Å². The molecule has 0 aliphatic rings. The summed E-state index contributed by atoms with van der Waals surface area (Å²) in [5, 5.41) is 0.574. The van der Waals surface area contributed by atoms with Gasteiger partial charge in [0, 0.05) is 25.9 Å². The molecule has 0 atom stereocenters. The van der Waals surface area contributed by atoms with Crippen molar-refractivity contribution in [3.05, 3.63) is 64.2 Å². The zero-order valence-corrected chi connectivity index (χ0v) is 17.6. The van der Waals surface area contributed by atoms with E-state index in [-0.39, 0.29) is 11.5 Å². The van der Waals surface area contributed by atoms with Gasteiger partial charge >= 0.3 is 0 Å². The van der Waals surface area contributed by atoms with Crippen LogP contribution in [0.5, 0.6) is 11.5 Å². The number of nitrogens with one attached hydrogen (secondary N) is 1. The van der Waals surface area contributed by atoms with Crippen molar-refractivity contribution in [1.82, 2.24) is 14.9 Å². The summed E-state index contributed by atoms with van der Waals surface area (Å²) in [6.45, 7) is 3.07. The molecule has 7 nitrogen and oxygen atoms in total. The highest BCUT2D eigenvalue weighted by atomic mass is 16.5. The Morgan fingerprint density at radius 1 is 1.10 bits per heavy atom. The van der Waals surface area contributed by atoms with E-state index in [1.807, 2.05) is 43.3 Å². The molecule has 0 fully saturated rings. The number of nitrogens with zero attached hydrogens (tertiary/aromatic N) is 2. The van der Waals surface area contributed by atoms with E-state index in [1.165, 1.54) is 0 Å². The van der Waals surface area contributed by atoms with Gasteiger partial charge < -0.3 is 19.4 Å². The van der Waals surface area contributed by atoms with Crippen LogP contribution in [0.1, 0.15) is 31.2 Å². The van der Waals surface area contributed by atoms with Crippen LogP contribution in [0.15, 0.2) is 47.3 Å². The third-order valence-electron chi connectivity index (χ3n) is 5.02. The first-order valence-electron chi connectivity index (χ1n) is 10.0. The minimum absolute atomic E-state index is 0.0652. The minimum atomic E-state index is -0.148. The molecule has 30 heavy (non-hydrogen) atoms. The van der Waals surface area contributed by atoms with E-state index < -0.39 is 0 Å². The first kappa shape index (κ1) is 21.4. The lowest BCUT2D eigenvalue weighted by atomic mass is 10.1. The quantitative estimate of drug-likeness (QED) is 0.586. The summed E-state index contributed by atoms with van der Waals surface area (Å²) in [6, 6.07) is 12.9. The Balaban J connectivity index is 1.60. The van der Waals surface area contributed by atoms with Crippen molar-refractivity contribution in [3.63, 3.8) is 0 Å². The summed E-state index contributed by atoms with van der Waals surface area (Å²) >= 11 is 0. The van der Waals surface area contributed by atoms with Gasteiger partial charge in [-0.3, -0.25) is 9.59 Å². The Morgan fingerprint density at radius 2 is 1.87 bits per heavy atom. The Labute approximate surface area is 175 Å². The molecule has 3 rings (SSSR count). The molecule has 0 aliphatic carbocycles. The summed E-state index contributed by atoms with van der Waals surface area (Å²) in [5.74, 6) is 1.97. The van der Waals surface area contributed by atoms with Crippen molar-refractivity contribution in [2.45, 2.75) is 32.7 Å². The average molecular weight is 409 g/mol. The fourth-order valence-electron chi connectivity index (χ4n) is 3.39. The van der Waals surface area contributed by atoms with Gasteiger partial charge in [-0.15, -0.1) is 0 Å². The van der Waals surface area contributed by atoms with Gasteiger partial charge in [0.15, 0.2) is 11.5 Å². The number of methoxy groups -OCH3 is 2. The van der Waals surface area contributed by atoms with Crippen molar-refractivity contribution in [3.8, 4) is 11.5 Å². The maximum Gasteiger partial charge on any atom is 0.258 e. The Morgan fingerprint density at radius 3 is 2.60 bits per heavy atom. The van der Waals surface area contributed by atoms with Crippen LogP contribution in [0, 0.1) is 0 Å². The van der Waals surface area contributed by atoms with Crippen LogP contribution in [0.4, 0.5) is 0 Å². The molecule has 7 heteroatoms. The van der Waals surface area contributed by atoms with Gasteiger partial charge in [0.2, 0.25) is 5.91 Å². The van der Waals surface area contributed by atoms with Crippen molar-refractivity contribution in [1.29, 1.82) is 0 Å². The largest absolute Gasteiger partial charge is 0.493 e. The molecule has 1 N–H and O–H groups in total. The molecular weight excluding hydrogens is 382 g/mol. The van der Waals surface area contributed by atoms with E-state index in [9.17, 15) is 9.59 Å². The van der Waals surface area contributed by atoms with E-state index in [2.05, 4.69) is 9.97 Å². The number of H-pyrrole nitrogens is 1. The lowest BCUT2D eigenvalue weighted by Crippen LogP contribution is -2.30. The number of amides is 1. The van der Waals surface area contributed by atoms with Crippen LogP contribution in [0.25, 0.3) is 10.9 Å². The third kappa shape index (κ3) is 4.97. The zero-order valence-electron chi connectivity index (χ0n) is 17.6. The van der Waals surface area contributed by atoms with Crippen LogP contribution in [-0.2, 0) is 17.8 Å². The number of aromatic nitrogens is 2. The van der Waals surface area contributed by atoms with Crippen LogP contribution in [-0.4, -0.2) is 41.5 Å². The molecule has 0 unspecified atom stereocenters. The highest BCUT2D eigenvalue weighted by Gasteiger charge is 2.14. The number of rotatable bonds is 9. The maximum absolute atomic E-state index is 12.7. The first-order chi connectivity index (χ1) is 14.5. The standard InChI is InChI=1S/C23H27N3O4/c1-4-26(15-16-12-13-19(29-2)20(14-16)30-3)22(27)11-7-10-21-24-18-9-6-5-8-17(18)23(28)25-21/h5-6,8-9,12-14H,4,7,10-11,15H2,1-3H3,(H,24,25,28). The van der Waals surface area contributed by atoms with Gasteiger partial charge in [-0.1, -0.05) is 18.2 Å². The number of ether oxygens (including phenoxy) is 2. The second-order valence-corrected chi connectivity index (χ2v) is 6.98. The summed E-state index contributed by atoms with van der Waals surface area (Å²) in [6.07, 6.45) is 1.54. The number of carbonyl (C=O) groups excluding carboxylic acids is 1. The van der Waals surface area contributed by atoms with Gasteiger partial charge in [0.25, 0.3) is 5.56 Å². The summed E-state index contributed by atoms with van der Waals surface area (Å²) in [5.41, 5.74) is 1.50. The number of hydrogen-bond donors (Lipinski definition) is 1. The van der Waals surface area contributed by atoms with E-state index in [4.69, 9.17) is 9.47 Å². The molecule has 1 aromatic heterocycles. The molecule has 3 aromatic rings. The fourth-order valence-corrected chi connectivity index (χ4v) is 3.39. The van der Waals surface area contributed by atoms with E-state index >= 15 is 0 Å². The highest BCUT2D eigenvalue weighted by molar-refractivity contribution is 5.77. The monoisotopic (exact) mass is 409 g/mol. The number of para-hydroxylation sites is 1. The SMILES string of the molecule is CCN(Cc1ccc(OC)c(OC)c1)C(=O)CCCc1nc2ccccc2c(=O)[nH]1. The Kier molecular flexibility index (Phi) is 7.06. The average Bonchev–Trinajstić information content (AvgIpc) is 2.77. The van der Waals surface area contributed by atoms with E-state index in [0.717, 1.165) is 5.56 Å². The molecule has 2 aromatic carbocycles. The molecule has 0 saturated heterocycles. The zero-order chi connectivity index (χ0) is 21.5. The van der Waals surface area contributed by atoms with Crippen LogP contribution >= 0.6 is 0 Å². The minimum Gasteiger partial charge on any atom is -0.493 e. The number of carbonyl (C=O) groups is 1. The Bertz CT molecular complexity index is 1080.